The molecule has 2 unspecified atom stereocenters. The molecule has 2 aromatic carbocycles. The van der Waals surface area contributed by atoms with Crippen LogP contribution in [0.1, 0.15) is 22.8 Å². The van der Waals surface area contributed by atoms with E-state index in [0.717, 1.165) is 22.4 Å². The lowest BCUT2D eigenvalue weighted by molar-refractivity contribution is -0.147. The van der Waals surface area contributed by atoms with Crippen LogP contribution in [0.15, 0.2) is 48.5 Å². The third-order valence-electron chi connectivity index (χ3n) is 4.00. The third kappa shape index (κ3) is 2.25. The number of ether oxygens (including phenoxy) is 3. The van der Waals surface area contributed by atoms with E-state index in [2.05, 4.69) is 0 Å². The van der Waals surface area contributed by atoms with Gasteiger partial charge in [-0.1, -0.05) is 42.0 Å². The van der Waals surface area contributed by atoms with Gasteiger partial charge in [0.25, 0.3) is 0 Å². The van der Waals surface area contributed by atoms with Gasteiger partial charge in [0.2, 0.25) is 5.60 Å². The molecule has 114 valence electrons. The largest absolute Gasteiger partial charge is 0.497 e. The maximum atomic E-state index is 12.3. The Labute approximate surface area is 129 Å². The molecule has 1 fully saturated rings. The summed E-state index contributed by atoms with van der Waals surface area (Å²) in [6.07, 6.45) is -0.339. The third-order valence-corrected chi connectivity index (χ3v) is 4.00. The molecule has 0 aromatic heterocycles. The number of aryl methyl sites for hydroxylation is 1. The Kier molecular flexibility index (Phi) is 3.62. The van der Waals surface area contributed by atoms with Crippen LogP contribution >= 0.6 is 0 Å². The van der Waals surface area contributed by atoms with E-state index < -0.39 is 5.60 Å². The van der Waals surface area contributed by atoms with Gasteiger partial charge in [0.15, 0.2) is 0 Å². The Hall–Kier alpha value is -2.33. The van der Waals surface area contributed by atoms with Gasteiger partial charge in [0, 0.05) is 0 Å². The first kappa shape index (κ1) is 14.6. The van der Waals surface area contributed by atoms with Crippen molar-refractivity contribution in [2.45, 2.75) is 18.6 Å². The van der Waals surface area contributed by atoms with E-state index in [0.29, 0.717) is 0 Å². The summed E-state index contributed by atoms with van der Waals surface area (Å²) in [5.74, 6) is 0.389. The average Bonchev–Trinajstić information content (AvgIpc) is 3.31. The van der Waals surface area contributed by atoms with Gasteiger partial charge >= 0.3 is 5.97 Å². The Morgan fingerprint density at radius 3 is 2.23 bits per heavy atom. The zero-order valence-corrected chi connectivity index (χ0v) is 12.8. The summed E-state index contributed by atoms with van der Waals surface area (Å²) in [5.41, 5.74) is 1.82. The summed E-state index contributed by atoms with van der Waals surface area (Å²) < 4.78 is 16.0. The van der Waals surface area contributed by atoms with E-state index >= 15 is 0 Å². The molecular weight excluding hydrogens is 280 g/mol. The summed E-state index contributed by atoms with van der Waals surface area (Å²) in [4.78, 5) is 12.3. The van der Waals surface area contributed by atoms with Crippen LogP contribution in [0.5, 0.6) is 5.75 Å². The number of hydrogen-bond acceptors (Lipinski definition) is 4. The molecule has 22 heavy (non-hydrogen) atoms. The number of epoxide rings is 1. The molecule has 0 saturated carbocycles. The Morgan fingerprint density at radius 1 is 1.05 bits per heavy atom. The highest BCUT2D eigenvalue weighted by Gasteiger charge is 2.65. The van der Waals surface area contributed by atoms with Crippen molar-refractivity contribution in [3.63, 3.8) is 0 Å². The molecule has 2 atom stereocenters. The van der Waals surface area contributed by atoms with Crippen molar-refractivity contribution < 1.29 is 19.0 Å². The molecule has 0 spiro atoms. The normalized spacial score (nSPS) is 23.0. The minimum absolute atomic E-state index is 0.339. The molecule has 0 bridgehead atoms. The number of carbonyl (C=O) groups is 1. The highest BCUT2D eigenvalue weighted by atomic mass is 16.7. The maximum absolute atomic E-state index is 12.3. The Bertz CT molecular complexity index is 675. The van der Waals surface area contributed by atoms with Crippen molar-refractivity contribution in [3.8, 4) is 5.75 Å². The standard InChI is InChI=1S/C18H18O4/c1-12-4-8-14(9-5-12)18(17(19)21-3)16(22-18)13-6-10-15(20-2)11-7-13/h4-11,16H,1-3H3. The van der Waals surface area contributed by atoms with Crippen LogP contribution in [-0.2, 0) is 19.9 Å². The van der Waals surface area contributed by atoms with E-state index in [1.165, 1.54) is 7.11 Å². The maximum Gasteiger partial charge on any atom is 0.346 e. The summed E-state index contributed by atoms with van der Waals surface area (Å²) in [7, 11) is 3.00. The fourth-order valence-electron chi connectivity index (χ4n) is 2.68. The van der Waals surface area contributed by atoms with Crippen molar-refractivity contribution in [3.05, 3.63) is 65.2 Å². The predicted molar refractivity (Wildman–Crippen MR) is 81.7 cm³/mol. The molecular formula is C18H18O4. The molecule has 0 radical (unpaired) electrons. The van der Waals surface area contributed by atoms with E-state index in [-0.39, 0.29) is 12.1 Å². The monoisotopic (exact) mass is 298 g/mol. The fraction of sp³-hybridized carbons (Fsp3) is 0.278. The first-order valence-electron chi connectivity index (χ1n) is 7.09. The second kappa shape index (κ2) is 5.46. The van der Waals surface area contributed by atoms with Gasteiger partial charge in [-0.25, -0.2) is 4.79 Å². The SMILES string of the molecule is COC(=O)C1(c2ccc(C)cc2)OC1c1ccc(OC)cc1. The van der Waals surface area contributed by atoms with Gasteiger partial charge in [-0.15, -0.1) is 0 Å². The van der Waals surface area contributed by atoms with Crippen LogP contribution < -0.4 is 4.74 Å². The average molecular weight is 298 g/mol. The molecule has 4 nitrogen and oxygen atoms in total. The van der Waals surface area contributed by atoms with Gasteiger partial charge in [-0.3, -0.25) is 0 Å². The van der Waals surface area contributed by atoms with Gasteiger partial charge < -0.3 is 14.2 Å². The number of rotatable bonds is 4. The number of hydrogen-bond donors (Lipinski definition) is 0. The number of benzene rings is 2. The molecule has 0 aliphatic carbocycles. The molecule has 2 aromatic rings. The zero-order chi connectivity index (χ0) is 15.7. The number of carbonyl (C=O) groups excluding carboxylic acids is 1. The van der Waals surface area contributed by atoms with Crippen LogP contribution in [0.4, 0.5) is 0 Å². The van der Waals surface area contributed by atoms with Gasteiger partial charge in [-0.05, 0) is 30.2 Å². The Balaban J connectivity index is 1.96. The van der Waals surface area contributed by atoms with Gasteiger partial charge in [-0.2, -0.15) is 0 Å². The molecule has 1 aliphatic rings. The van der Waals surface area contributed by atoms with Crippen molar-refractivity contribution in [2.75, 3.05) is 14.2 Å². The summed E-state index contributed by atoms with van der Waals surface area (Å²) in [5, 5.41) is 0. The highest BCUT2D eigenvalue weighted by molar-refractivity contribution is 5.85. The Morgan fingerprint density at radius 2 is 1.68 bits per heavy atom. The summed E-state index contributed by atoms with van der Waals surface area (Å²) in [6, 6.07) is 15.3. The lowest BCUT2D eigenvalue weighted by Gasteiger charge is -2.11. The lowest BCUT2D eigenvalue weighted by Crippen LogP contribution is -2.24. The van der Waals surface area contributed by atoms with E-state index in [1.54, 1.807) is 7.11 Å². The van der Waals surface area contributed by atoms with Crippen LogP contribution in [0, 0.1) is 6.92 Å². The quantitative estimate of drug-likeness (QED) is 0.642. The van der Waals surface area contributed by atoms with Gasteiger partial charge in [0.05, 0.1) is 14.2 Å². The van der Waals surface area contributed by atoms with Gasteiger partial charge in [0.1, 0.15) is 11.9 Å². The molecule has 1 aliphatic heterocycles. The van der Waals surface area contributed by atoms with Crippen LogP contribution in [0.3, 0.4) is 0 Å². The molecule has 4 heteroatoms. The van der Waals surface area contributed by atoms with Crippen LogP contribution in [-0.4, -0.2) is 20.2 Å². The van der Waals surface area contributed by atoms with Crippen molar-refractivity contribution in [1.82, 2.24) is 0 Å². The highest BCUT2D eigenvalue weighted by Crippen LogP contribution is 2.57. The smallest absolute Gasteiger partial charge is 0.346 e. The minimum Gasteiger partial charge on any atom is -0.497 e. The van der Waals surface area contributed by atoms with E-state index in [9.17, 15) is 4.79 Å². The number of methoxy groups -OCH3 is 2. The first-order chi connectivity index (χ1) is 10.6. The summed E-state index contributed by atoms with van der Waals surface area (Å²) >= 11 is 0. The molecule has 0 amide bonds. The van der Waals surface area contributed by atoms with E-state index in [1.807, 2.05) is 55.5 Å². The molecule has 1 saturated heterocycles. The van der Waals surface area contributed by atoms with Crippen molar-refractivity contribution in [2.24, 2.45) is 0 Å². The van der Waals surface area contributed by atoms with E-state index in [4.69, 9.17) is 14.2 Å². The van der Waals surface area contributed by atoms with Crippen molar-refractivity contribution >= 4 is 5.97 Å². The van der Waals surface area contributed by atoms with Crippen molar-refractivity contribution in [1.29, 1.82) is 0 Å². The van der Waals surface area contributed by atoms with Crippen LogP contribution in [0.2, 0.25) is 0 Å². The lowest BCUT2D eigenvalue weighted by atomic mass is 9.91. The predicted octanol–water partition coefficient (Wildman–Crippen LogP) is 3.14. The molecule has 0 N–H and O–H groups in total. The second-order valence-corrected chi connectivity index (χ2v) is 5.36. The molecule has 1 heterocycles. The van der Waals surface area contributed by atoms with Crippen LogP contribution in [0.25, 0.3) is 0 Å². The zero-order valence-electron chi connectivity index (χ0n) is 12.8. The summed E-state index contributed by atoms with van der Waals surface area (Å²) in [6.45, 7) is 2.00. The number of esters is 1. The second-order valence-electron chi connectivity index (χ2n) is 5.36. The minimum atomic E-state index is -1.04. The molecule has 3 rings (SSSR count). The first-order valence-corrected chi connectivity index (χ1v) is 7.09. The fourth-order valence-corrected chi connectivity index (χ4v) is 2.68. The topological polar surface area (TPSA) is 48.1 Å².